The monoisotopic (exact) mass is 353 g/mol. The maximum absolute atomic E-state index is 13.9. The molecule has 1 saturated heterocycles. The lowest BCUT2D eigenvalue weighted by atomic mass is 10.1. The number of rotatable bonds is 4. The quantitative estimate of drug-likeness (QED) is 0.770. The largest absolute Gasteiger partial charge is 0.502 e. The van der Waals surface area contributed by atoms with Crippen molar-refractivity contribution in [3.63, 3.8) is 0 Å². The summed E-state index contributed by atoms with van der Waals surface area (Å²) >= 11 is 0. The molecule has 0 radical (unpaired) electrons. The van der Waals surface area contributed by atoms with Crippen LogP contribution >= 0.6 is 0 Å². The summed E-state index contributed by atoms with van der Waals surface area (Å²) in [5, 5.41) is 14.0. The normalized spacial score (nSPS) is 14.0. The number of phenols is 1. The topological polar surface area (TPSA) is 50.5 Å². The van der Waals surface area contributed by atoms with Crippen LogP contribution in [0.1, 0.15) is 12.8 Å². The SMILES string of the molecule is COc1cc(-c2cnn(-c3ccc(N4CCCC4)cc3)c2)cc(F)c1O. The molecule has 0 saturated carbocycles. The van der Waals surface area contributed by atoms with Gasteiger partial charge in [0.2, 0.25) is 0 Å². The van der Waals surface area contributed by atoms with Crippen LogP contribution in [0.4, 0.5) is 10.1 Å². The summed E-state index contributed by atoms with van der Waals surface area (Å²) in [5.41, 5.74) is 3.50. The van der Waals surface area contributed by atoms with E-state index in [4.69, 9.17) is 4.74 Å². The van der Waals surface area contributed by atoms with Crippen LogP contribution < -0.4 is 9.64 Å². The number of aromatic hydroxyl groups is 1. The zero-order valence-electron chi connectivity index (χ0n) is 14.5. The molecule has 0 amide bonds. The number of hydrogen-bond donors (Lipinski definition) is 1. The van der Waals surface area contributed by atoms with Crippen LogP contribution in [0.25, 0.3) is 16.8 Å². The summed E-state index contributed by atoms with van der Waals surface area (Å²) in [6.07, 6.45) is 5.99. The molecule has 134 valence electrons. The molecule has 4 rings (SSSR count). The third-order valence-corrected chi connectivity index (χ3v) is 4.75. The predicted octanol–water partition coefficient (Wildman–Crippen LogP) is 3.99. The lowest BCUT2D eigenvalue weighted by Crippen LogP contribution is -2.17. The number of ether oxygens (including phenoxy) is 1. The molecule has 0 spiro atoms. The molecule has 0 atom stereocenters. The average Bonchev–Trinajstić information content (AvgIpc) is 3.36. The molecule has 26 heavy (non-hydrogen) atoms. The van der Waals surface area contributed by atoms with Crippen LogP contribution in [0.3, 0.4) is 0 Å². The highest BCUT2D eigenvalue weighted by atomic mass is 19.1. The second kappa shape index (κ2) is 6.71. The number of methoxy groups -OCH3 is 1. The number of halogens is 1. The second-order valence-electron chi connectivity index (χ2n) is 6.39. The maximum atomic E-state index is 13.9. The molecule has 3 aromatic rings. The predicted molar refractivity (Wildman–Crippen MR) is 98.6 cm³/mol. The highest BCUT2D eigenvalue weighted by Gasteiger charge is 2.14. The highest BCUT2D eigenvalue weighted by Crippen LogP contribution is 2.34. The van der Waals surface area contributed by atoms with E-state index < -0.39 is 11.6 Å². The van der Waals surface area contributed by atoms with E-state index in [0.717, 1.165) is 24.3 Å². The maximum Gasteiger partial charge on any atom is 0.194 e. The molecule has 1 aromatic heterocycles. The van der Waals surface area contributed by atoms with Crippen molar-refractivity contribution in [3.8, 4) is 28.3 Å². The number of hydrogen-bond acceptors (Lipinski definition) is 4. The number of nitrogens with zero attached hydrogens (tertiary/aromatic N) is 3. The first kappa shape index (κ1) is 16.4. The smallest absolute Gasteiger partial charge is 0.194 e. The molecule has 5 nitrogen and oxygen atoms in total. The van der Waals surface area contributed by atoms with Crippen LogP contribution in [-0.4, -0.2) is 35.1 Å². The summed E-state index contributed by atoms with van der Waals surface area (Å²) in [6.45, 7) is 2.22. The van der Waals surface area contributed by atoms with Gasteiger partial charge in [-0.05, 0) is 54.8 Å². The van der Waals surface area contributed by atoms with E-state index >= 15 is 0 Å². The molecule has 1 fully saturated rings. The van der Waals surface area contributed by atoms with Gasteiger partial charge in [-0.1, -0.05) is 0 Å². The molecule has 0 bridgehead atoms. The molecule has 1 aliphatic rings. The Bertz CT molecular complexity index is 915. The van der Waals surface area contributed by atoms with Gasteiger partial charge in [-0.25, -0.2) is 9.07 Å². The summed E-state index contributed by atoms with van der Waals surface area (Å²) in [7, 11) is 1.39. The first-order valence-corrected chi connectivity index (χ1v) is 8.62. The number of anilines is 1. The van der Waals surface area contributed by atoms with Crippen LogP contribution in [-0.2, 0) is 0 Å². The zero-order valence-corrected chi connectivity index (χ0v) is 14.5. The summed E-state index contributed by atoms with van der Waals surface area (Å²) in [4.78, 5) is 2.38. The minimum atomic E-state index is -0.720. The fourth-order valence-corrected chi connectivity index (χ4v) is 3.30. The first-order chi connectivity index (χ1) is 12.7. The Morgan fingerprint density at radius 3 is 2.42 bits per heavy atom. The fraction of sp³-hybridized carbons (Fsp3) is 0.250. The molecule has 2 aromatic carbocycles. The molecule has 1 N–H and O–H groups in total. The van der Waals surface area contributed by atoms with Crippen LogP contribution in [0.5, 0.6) is 11.5 Å². The Morgan fingerprint density at radius 2 is 1.73 bits per heavy atom. The molecular weight excluding hydrogens is 333 g/mol. The van der Waals surface area contributed by atoms with Gasteiger partial charge in [-0.3, -0.25) is 0 Å². The van der Waals surface area contributed by atoms with Gasteiger partial charge in [0.25, 0.3) is 0 Å². The molecule has 0 unspecified atom stereocenters. The van der Waals surface area contributed by atoms with E-state index in [1.54, 1.807) is 16.9 Å². The van der Waals surface area contributed by atoms with E-state index in [-0.39, 0.29) is 5.75 Å². The lowest BCUT2D eigenvalue weighted by molar-refractivity contribution is 0.357. The summed E-state index contributed by atoms with van der Waals surface area (Å²) in [6, 6.07) is 11.1. The zero-order chi connectivity index (χ0) is 18.1. The van der Waals surface area contributed by atoms with Gasteiger partial charge >= 0.3 is 0 Å². The molecule has 0 aliphatic carbocycles. The fourth-order valence-electron chi connectivity index (χ4n) is 3.30. The Hall–Kier alpha value is -3.02. The number of benzene rings is 2. The van der Waals surface area contributed by atoms with Gasteiger partial charge in [0, 0.05) is 30.5 Å². The third kappa shape index (κ3) is 2.98. The average molecular weight is 353 g/mol. The van der Waals surface area contributed by atoms with Gasteiger partial charge in [0.1, 0.15) is 0 Å². The van der Waals surface area contributed by atoms with Crippen molar-refractivity contribution in [2.45, 2.75) is 12.8 Å². The summed E-state index contributed by atoms with van der Waals surface area (Å²) < 4.78 is 20.6. The molecule has 1 aliphatic heterocycles. The van der Waals surface area contributed by atoms with E-state index in [9.17, 15) is 9.50 Å². The molecule has 6 heteroatoms. The van der Waals surface area contributed by atoms with E-state index in [1.807, 2.05) is 18.3 Å². The van der Waals surface area contributed by atoms with Gasteiger partial charge in [0.15, 0.2) is 17.3 Å². The van der Waals surface area contributed by atoms with E-state index in [2.05, 4.69) is 22.1 Å². The Balaban J connectivity index is 1.61. The van der Waals surface area contributed by atoms with Crippen molar-refractivity contribution in [1.82, 2.24) is 9.78 Å². The van der Waals surface area contributed by atoms with Crippen LogP contribution in [0, 0.1) is 5.82 Å². The molecular formula is C20H20FN3O2. The van der Waals surface area contributed by atoms with E-state index in [0.29, 0.717) is 5.56 Å². The third-order valence-electron chi connectivity index (χ3n) is 4.75. The molecule has 2 heterocycles. The van der Waals surface area contributed by atoms with Crippen molar-refractivity contribution in [3.05, 3.63) is 54.6 Å². The first-order valence-electron chi connectivity index (χ1n) is 8.62. The Labute approximate surface area is 151 Å². The standard InChI is InChI=1S/C20H20FN3O2/c1-26-19-11-14(10-18(21)20(19)25)15-12-22-24(13-15)17-6-4-16(5-7-17)23-8-2-3-9-23/h4-7,10-13,25H,2-3,8-9H2,1H3. The van der Waals surface area contributed by atoms with Crippen molar-refractivity contribution in [2.75, 3.05) is 25.1 Å². The minimum Gasteiger partial charge on any atom is -0.502 e. The second-order valence-corrected chi connectivity index (χ2v) is 6.39. The van der Waals surface area contributed by atoms with Gasteiger partial charge < -0.3 is 14.7 Å². The van der Waals surface area contributed by atoms with Crippen molar-refractivity contribution < 1.29 is 14.2 Å². The number of aromatic nitrogens is 2. The Morgan fingerprint density at radius 1 is 1.04 bits per heavy atom. The van der Waals surface area contributed by atoms with Crippen molar-refractivity contribution in [2.24, 2.45) is 0 Å². The number of phenolic OH excluding ortho intramolecular Hbond substituents is 1. The van der Waals surface area contributed by atoms with Gasteiger partial charge in [-0.2, -0.15) is 5.10 Å². The van der Waals surface area contributed by atoms with Gasteiger partial charge in [0.05, 0.1) is 19.0 Å². The van der Waals surface area contributed by atoms with Crippen LogP contribution in [0.2, 0.25) is 0 Å². The Kier molecular flexibility index (Phi) is 4.24. The van der Waals surface area contributed by atoms with Crippen LogP contribution in [0.15, 0.2) is 48.8 Å². The lowest BCUT2D eigenvalue weighted by Gasteiger charge is -2.17. The summed E-state index contributed by atoms with van der Waals surface area (Å²) in [5.74, 6) is -1.11. The van der Waals surface area contributed by atoms with E-state index in [1.165, 1.54) is 31.7 Å². The van der Waals surface area contributed by atoms with Crippen molar-refractivity contribution in [1.29, 1.82) is 0 Å². The highest BCUT2D eigenvalue weighted by molar-refractivity contribution is 5.66. The van der Waals surface area contributed by atoms with Gasteiger partial charge in [-0.15, -0.1) is 0 Å². The van der Waals surface area contributed by atoms with Crippen molar-refractivity contribution >= 4 is 5.69 Å². The minimum absolute atomic E-state index is 0.0997.